The molecule has 0 heterocycles. The summed E-state index contributed by atoms with van der Waals surface area (Å²) in [5.74, 6) is -1.74. The molecule has 0 aliphatic heterocycles. The molecule has 0 spiro atoms. The Kier molecular flexibility index (Phi) is 6.45. The lowest BCUT2D eigenvalue weighted by Gasteiger charge is -2.37. The van der Waals surface area contributed by atoms with E-state index in [1.807, 2.05) is 0 Å². The van der Waals surface area contributed by atoms with E-state index in [0.29, 0.717) is 5.57 Å². The van der Waals surface area contributed by atoms with Crippen LogP contribution in [0.1, 0.15) is 78.1 Å². The molecule has 0 aromatic rings. The van der Waals surface area contributed by atoms with E-state index in [-0.39, 0.29) is 12.2 Å². The highest BCUT2D eigenvalue weighted by Gasteiger charge is 2.38. The van der Waals surface area contributed by atoms with Crippen LogP contribution in [0.3, 0.4) is 0 Å². The van der Waals surface area contributed by atoms with Crippen molar-refractivity contribution in [3.63, 3.8) is 0 Å². The fourth-order valence-corrected chi connectivity index (χ4v) is 3.30. The zero-order chi connectivity index (χ0) is 16.0. The van der Waals surface area contributed by atoms with Crippen LogP contribution in [0.5, 0.6) is 0 Å². The summed E-state index contributed by atoms with van der Waals surface area (Å²) in [7, 11) is 0. The van der Waals surface area contributed by atoms with Crippen LogP contribution in [-0.2, 0) is 19.0 Å². The molecule has 0 aromatic heterocycles. The maximum Gasteiger partial charge on any atom is 0.337 e. The van der Waals surface area contributed by atoms with Gasteiger partial charge in [-0.2, -0.15) is 0 Å². The SMILES string of the molecule is C=C(C)C(=O)OC(C)(OC1CCCCC1)OC1CCCCC1. The van der Waals surface area contributed by atoms with E-state index in [9.17, 15) is 4.79 Å². The van der Waals surface area contributed by atoms with Crippen molar-refractivity contribution in [2.75, 3.05) is 0 Å². The molecule has 2 rings (SSSR count). The maximum absolute atomic E-state index is 12.0. The second-order valence-electron chi connectivity index (χ2n) is 6.79. The Labute approximate surface area is 134 Å². The molecule has 0 aromatic carbocycles. The van der Waals surface area contributed by atoms with Crippen molar-refractivity contribution in [1.29, 1.82) is 0 Å². The average molecular weight is 310 g/mol. The summed E-state index contributed by atoms with van der Waals surface area (Å²) in [4.78, 5) is 12.0. The van der Waals surface area contributed by atoms with Crippen LogP contribution in [0, 0.1) is 0 Å². The Morgan fingerprint density at radius 2 is 1.32 bits per heavy atom. The van der Waals surface area contributed by atoms with E-state index in [2.05, 4.69) is 6.58 Å². The van der Waals surface area contributed by atoms with Gasteiger partial charge in [-0.3, -0.25) is 0 Å². The average Bonchev–Trinajstić information content (AvgIpc) is 2.48. The highest BCUT2D eigenvalue weighted by atomic mass is 16.9. The first-order valence-electron chi connectivity index (χ1n) is 8.73. The Balaban J connectivity index is 2.00. The van der Waals surface area contributed by atoms with Gasteiger partial charge in [0.15, 0.2) is 0 Å². The summed E-state index contributed by atoms with van der Waals surface area (Å²) in [5.41, 5.74) is 0.366. The van der Waals surface area contributed by atoms with Gasteiger partial charge in [0.05, 0.1) is 12.2 Å². The zero-order valence-electron chi connectivity index (χ0n) is 14.1. The van der Waals surface area contributed by atoms with Crippen molar-refractivity contribution in [1.82, 2.24) is 0 Å². The standard InChI is InChI=1S/C18H30O4/c1-14(2)17(19)22-18(3,20-15-10-6-4-7-11-15)21-16-12-8-5-9-13-16/h15-16H,1,4-13H2,2-3H3. The van der Waals surface area contributed by atoms with E-state index >= 15 is 0 Å². The van der Waals surface area contributed by atoms with Crippen molar-refractivity contribution in [2.24, 2.45) is 0 Å². The Hall–Kier alpha value is -0.870. The molecule has 2 aliphatic rings. The van der Waals surface area contributed by atoms with E-state index < -0.39 is 11.9 Å². The number of hydrogen-bond donors (Lipinski definition) is 0. The smallest absolute Gasteiger partial charge is 0.337 e. The first-order valence-corrected chi connectivity index (χ1v) is 8.73. The van der Waals surface area contributed by atoms with Crippen molar-refractivity contribution in [2.45, 2.75) is 96.2 Å². The predicted molar refractivity (Wildman–Crippen MR) is 85.2 cm³/mol. The summed E-state index contributed by atoms with van der Waals surface area (Å²) in [5, 5.41) is 0. The molecule has 22 heavy (non-hydrogen) atoms. The van der Waals surface area contributed by atoms with E-state index in [4.69, 9.17) is 14.2 Å². The largest absolute Gasteiger partial charge is 0.405 e. The van der Waals surface area contributed by atoms with Crippen molar-refractivity contribution >= 4 is 5.97 Å². The van der Waals surface area contributed by atoms with Crippen LogP contribution >= 0.6 is 0 Å². The minimum atomic E-state index is -1.29. The maximum atomic E-state index is 12.0. The normalized spacial score (nSPS) is 21.5. The van der Waals surface area contributed by atoms with E-state index in [1.165, 1.54) is 38.5 Å². The molecule has 4 heteroatoms. The molecular weight excluding hydrogens is 280 g/mol. The molecular formula is C18H30O4. The molecule has 2 saturated carbocycles. The molecule has 2 fully saturated rings. The van der Waals surface area contributed by atoms with Gasteiger partial charge in [-0.1, -0.05) is 45.1 Å². The minimum absolute atomic E-state index is 0.111. The first kappa shape index (κ1) is 17.5. The molecule has 0 amide bonds. The Bertz CT molecular complexity index is 359. The summed E-state index contributed by atoms with van der Waals surface area (Å²) < 4.78 is 17.7. The van der Waals surface area contributed by atoms with Crippen LogP contribution < -0.4 is 0 Å². The van der Waals surface area contributed by atoms with E-state index in [1.54, 1.807) is 13.8 Å². The fraction of sp³-hybridized carbons (Fsp3) is 0.833. The molecule has 0 atom stereocenters. The highest BCUT2D eigenvalue weighted by Crippen LogP contribution is 2.31. The second kappa shape index (κ2) is 8.11. The van der Waals surface area contributed by atoms with Crippen molar-refractivity contribution in [3.05, 3.63) is 12.2 Å². The van der Waals surface area contributed by atoms with Crippen LogP contribution in [0.2, 0.25) is 0 Å². The lowest BCUT2D eigenvalue weighted by molar-refractivity contribution is -0.381. The van der Waals surface area contributed by atoms with Crippen molar-refractivity contribution < 1.29 is 19.0 Å². The molecule has 0 bridgehead atoms. The number of hydrogen-bond acceptors (Lipinski definition) is 4. The van der Waals surface area contributed by atoms with Crippen molar-refractivity contribution in [3.8, 4) is 0 Å². The molecule has 0 N–H and O–H groups in total. The topological polar surface area (TPSA) is 44.8 Å². The molecule has 4 nitrogen and oxygen atoms in total. The third-order valence-electron chi connectivity index (χ3n) is 4.49. The number of carbonyl (C=O) groups is 1. The van der Waals surface area contributed by atoms with Crippen LogP contribution in [0.15, 0.2) is 12.2 Å². The lowest BCUT2D eigenvalue weighted by Crippen LogP contribution is -2.44. The third-order valence-corrected chi connectivity index (χ3v) is 4.49. The van der Waals surface area contributed by atoms with Gasteiger partial charge in [0.2, 0.25) is 0 Å². The van der Waals surface area contributed by atoms with E-state index in [0.717, 1.165) is 25.7 Å². The molecule has 0 radical (unpaired) electrons. The van der Waals surface area contributed by atoms with Gasteiger partial charge in [0.1, 0.15) is 0 Å². The van der Waals surface area contributed by atoms with Crippen LogP contribution in [0.25, 0.3) is 0 Å². The van der Waals surface area contributed by atoms with Crippen LogP contribution in [-0.4, -0.2) is 24.2 Å². The first-order chi connectivity index (χ1) is 10.5. The summed E-state index contributed by atoms with van der Waals surface area (Å²) >= 11 is 0. The van der Waals surface area contributed by atoms with Gasteiger partial charge in [0, 0.05) is 12.5 Å². The fourth-order valence-electron chi connectivity index (χ4n) is 3.30. The minimum Gasteiger partial charge on any atom is -0.405 e. The summed E-state index contributed by atoms with van der Waals surface area (Å²) in [6.45, 7) is 7.02. The number of carbonyl (C=O) groups excluding carboxylic acids is 1. The molecule has 2 aliphatic carbocycles. The second-order valence-corrected chi connectivity index (χ2v) is 6.79. The number of esters is 1. The van der Waals surface area contributed by atoms with Gasteiger partial charge in [-0.15, -0.1) is 0 Å². The lowest BCUT2D eigenvalue weighted by atomic mass is 9.97. The quantitative estimate of drug-likeness (QED) is 0.412. The Morgan fingerprint density at radius 3 is 1.68 bits per heavy atom. The van der Waals surface area contributed by atoms with Gasteiger partial charge in [-0.05, 0) is 32.6 Å². The Morgan fingerprint density at radius 1 is 0.909 bits per heavy atom. The molecule has 0 unspecified atom stereocenters. The summed E-state index contributed by atoms with van der Waals surface area (Å²) in [6.07, 6.45) is 11.4. The third kappa shape index (κ3) is 5.40. The van der Waals surface area contributed by atoms with Gasteiger partial charge < -0.3 is 14.2 Å². The monoisotopic (exact) mass is 310 g/mol. The van der Waals surface area contributed by atoms with Crippen LogP contribution in [0.4, 0.5) is 0 Å². The summed E-state index contributed by atoms with van der Waals surface area (Å²) in [6, 6.07) is 0. The van der Waals surface area contributed by atoms with Gasteiger partial charge in [0.25, 0.3) is 0 Å². The van der Waals surface area contributed by atoms with Gasteiger partial charge in [-0.25, -0.2) is 4.79 Å². The predicted octanol–water partition coefficient (Wildman–Crippen LogP) is 4.48. The number of rotatable bonds is 6. The number of ether oxygens (including phenoxy) is 3. The highest BCUT2D eigenvalue weighted by molar-refractivity contribution is 5.87. The molecule has 126 valence electrons. The zero-order valence-corrected chi connectivity index (χ0v) is 14.1. The molecule has 0 saturated heterocycles. The van der Waals surface area contributed by atoms with Gasteiger partial charge >= 0.3 is 11.9 Å².